The lowest BCUT2D eigenvalue weighted by Crippen LogP contribution is -2.25. The Balaban J connectivity index is 1.86. The Bertz CT molecular complexity index is 1120. The van der Waals surface area contributed by atoms with Gasteiger partial charge in [0.15, 0.2) is 0 Å². The highest BCUT2D eigenvalue weighted by Crippen LogP contribution is 2.21. The van der Waals surface area contributed by atoms with Crippen molar-refractivity contribution in [2.75, 3.05) is 6.61 Å². The lowest BCUT2D eigenvalue weighted by atomic mass is 10.1. The maximum absolute atomic E-state index is 13.6. The van der Waals surface area contributed by atoms with E-state index in [9.17, 15) is 18.8 Å². The standard InChI is InChI=1S/C20H14FNO5/c21-12-4-3-5-13(10-12)22-11-16(14-6-1-2-7-15(14)18(22)23)19(24)27-17-8-9-26-20(17)25/h1-7,10-11,17H,8-9H2/t17-/m1/s1. The summed E-state index contributed by atoms with van der Waals surface area (Å²) in [6, 6.07) is 12.0. The minimum Gasteiger partial charge on any atom is -0.463 e. The van der Waals surface area contributed by atoms with Crippen LogP contribution in [0.15, 0.2) is 59.5 Å². The Kier molecular flexibility index (Phi) is 4.19. The summed E-state index contributed by atoms with van der Waals surface area (Å²) in [4.78, 5) is 37.1. The van der Waals surface area contributed by atoms with Crippen LogP contribution in [-0.2, 0) is 14.3 Å². The van der Waals surface area contributed by atoms with Gasteiger partial charge in [-0.05, 0) is 24.3 Å². The van der Waals surface area contributed by atoms with Gasteiger partial charge in [-0.3, -0.25) is 9.36 Å². The van der Waals surface area contributed by atoms with Crippen LogP contribution in [0.3, 0.4) is 0 Å². The van der Waals surface area contributed by atoms with Crippen molar-refractivity contribution in [3.05, 3.63) is 76.5 Å². The number of pyridine rings is 1. The van der Waals surface area contributed by atoms with Gasteiger partial charge in [0, 0.05) is 23.4 Å². The zero-order chi connectivity index (χ0) is 19.0. The van der Waals surface area contributed by atoms with Gasteiger partial charge >= 0.3 is 11.9 Å². The van der Waals surface area contributed by atoms with Crippen molar-refractivity contribution >= 4 is 22.7 Å². The SMILES string of the molecule is O=C(O[C@@H]1CCOC1=O)c1cn(-c2cccc(F)c2)c(=O)c2ccccc12. The monoisotopic (exact) mass is 367 g/mol. The van der Waals surface area contributed by atoms with Crippen LogP contribution in [0, 0.1) is 5.82 Å². The number of benzene rings is 2. The van der Waals surface area contributed by atoms with Gasteiger partial charge in [0.1, 0.15) is 5.82 Å². The molecule has 3 aromatic rings. The number of rotatable bonds is 3. The second-order valence-electron chi connectivity index (χ2n) is 6.09. The summed E-state index contributed by atoms with van der Waals surface area (Å²) < 4.78 is 24.9. The first-order valence-electron chi connectivity index (χ1n) is 8.32. The molecule has 136 valence electrons. The summed E-state index contributed by atoms with van der Waals surface area (Å²) in [5.74, 6) is -1.85. The third-order valence-corrected chi connectivity index (χ3v) is 4.37. The first kappa shape index (κ1) is 17.0. The summed E-state index contributed by atoms with van der Waals surface area (Å²) in [6.07, 6.45) is 0.625. The molecule has 1 atom stereocenters. The fourth-order valence-corrected chi connectivity index (χ4v) is 3.05. The molecule has 6 nitrogen and oxygen atoms in total. The minimum absolute atomic E-state index is 0.106. The Labute approximate surface area is 152 Å². The van der Waals surface area contributed by atoms with Gasteiger partial charge in [0.25, 0.3) is 5.56 Å². The lowest BCUT2D eigenvalue weighted by Gasteiger charge is -2.13. The molecule has 1 fully saturated rings. The number of hydrogen-bond donors (Lipinski definition) is 0. The number of fused-ring (bicyclic) bond motifs is 1. The maximum atomic E-state index is 13.6. The van der Waals surface area contributed by atoms with Crippen LogP contribution < -0.4 is 5.56 Å². The highest BCUT2D eigenvalue weighted by Gasteiger charge is 2.31. The first-order valence-corrected chi connectivity index (χ1v) is 8.32. The number of ether oxygens (including phenoxy) is 2. The smallest absolute Gasteiger partial charge is 0.347 e. The van der Waals surface area contributed by atoms with Crippen LogP contribution >= 0.6 is 0 Å². The number of halogens is 1. The number of nitrogens with zero attached hydrogens (tertiary/aromatic N) is 1. The second kappa shape index (κ2) is 6.68. The van der Waals surface area contributed by atoms with Crippen LogP contribution in [0.5, 0.6) is 0 Å². The summed E-state index contributed by atoms with van der Waals surface area (Å²) in [6.45, 7) is 0.195. The van der Waals surface area contributed by atoms with E-state index in [0.29, 0.717) is 5.39 Å². The number of cyclic esters (lactones) is 1. The van der Waals surface area contributed by atoms with E-state index < -0.39 is 29.4 Å². The molecule has 2 aromatic carbocycles. The Morgan fingerprint density at radius 3 is 2.59 bits per heavy atom. The van der Waals surface area contributed by atoms with Crippen LogP contribution in [0.25, 0.3) is 16.5 Å². The first-order chi connectivity index (χ1) is 13.0. The van der Waals surface area contributed by atoms with Crippen molar-refractivity contribution in [2.45, 2.75) is 12.5 Å². The molecule has 0 radical (unpaired) electrons. The van der Waals surface area contributed by atoms with Gasteiger partial charge in [-0.15, -0.1) is 0 Å². The van der Waals surface area contributed by atoms with Gasteiger partial charge < -0.3 is 9.47 Å². The largest absolute Gasteiger partial charge is 0.463 e. The summed E-state index contributed by atoms with van der Waals surface area (Å²) >= 11 is 0. The molecule has 1 saturated heterocycles. The molecular formula is C20H14FNO5. The molecule has 0 saturated carbocycles. The van der Waals surface area contributed by atoms with E-state index in [1.807, 2.05) is 0 Å². The quantitative estimate of drug-likeness (QED) is 0.665. The third-order valence-electron chi connectivity index (χ3n) is 4.37. The predicted molar refractivity (Wildman–Crippen MR) is 94.3 cm³/mol. The van der Waals surface area contributed by atoms with Crippen molar-refractivity contribution in [1.82, 2.24) is 4.57 Å². The average molecular weight is 367 g/mol. The molecule has 0 spiro atoms. The average Bonchev–Trinajstić information content (AvgIpc) is 3.07. The normalized spacial score (nSPS) is 16.3. The zero-order valence-corrected chi connectivity index (χ0v) is 14.1. The van der Waals surface area contributed by atoms with E-state index in [1.54, 1.807) is 30.3 Å². The summed E-state index contributed by atoms with van der Waals surface area (Å²) in [5, 5.41) is 0.678. The molecule has 0 bridgehead atoms. The Hall–Kier alpha value is -3.48. The van der Waals surface area contributed by atoms with Gasteiger partial charge in [0.2, 0.25) is 6.10 Å². The summed E-state index contributed by atoms with van der Waals surface area (Å²) in [5.41, 5.74) is -0.0118. The van der Waals surface area contributed by atoms with Crippen molar-refractivity contribution in [1.29, 1.82) is 0 Å². The van der Waals surface area contributed by atoms with E-state index in [1.165, 1.54) is 29.0 Å². The van der Waals surface area contributed by atoms with Gasteiger partial charge in [-0.2, -0.15) is 0 Å². The fourth-order valence-electron chi connectivity index (χ4n) is 3.05. The molecule has 2 heterocycles. The van der Waals surface area contributed by atoms with Gasteiger partial charge in [-0.25, -0.2) is 14.0 Å². The van der Waals surface area contributed by atoms with E-state index in [2.05, 4.69) is 0 Å². The van der Waals surface area contributed by atoms with E-state index in [-0.39, 0.29) is 29.7 Å². The highest BCUT2D eigenvalue weighted by molar-refractivity contribution is 6.04. The number of aromatic nitrogens is 1. The molecule has 1 aliphatic heterocycles. The van der Waals surface area contributed by atoms with Gasteiger partial charge in [-0.1, -0.05) is 24.3 Å². The molecule has 0 N–H and O–H groups in total. The van der Waals surface area contributed by atoms with Crippen LogP contribution in [0.1, 0.15) is 16.8 Å². The second-order valence-corrected chi connectivity index (χ2v) is 6.09. The van der Waals surface area contributed by atoms with Crippen molar-refractivity contribution in [2.24, 2.45) is 0 Å². The molecule has 1 aliphatic rings. The number of carbonyl (C=O) groups is 2. The minimum atomic E-state index is -0.967. The van der Waals surface area contributed by atoms with Crippen LogP contribution in [0.4, 0.5) is 4.39 Å². The highest BCUT2D eigenvalue weighted by atomic mass is 19.1. The molecule has 27 heavy (non-hydrogen) atoms. The number of carbonyl (C=O) groups excluding carboxylic acids is 2. The van der Waals surface area contributed by atoms with Crippen molar-refractivity contribution in [3.8, 4) is 5.69 Å². The number of esters is 2. The van der Waals surface area contributed by atoms with E-state index >= 15 is 0 Å². The predicted octanol–water partition coefficient (Wildman–Crippen LogP) is 2.60. The van der Waals surface area contributed by atoms with Crippen molar-refractivity contribution in [3.63, 3.8) is 0 Å². The van der Waals surface area contributed by atoms with E-state index in [0.717, 1.165) is 0 Å². The number of hydrogen-bond acceptors (Lipinski definition) is 5. The Morgan fingerprint density at radius 1 is 1.11 bits per heavy atom. The third kappa shape index (κ3) is 3.08. The van der Waals surface area contributed by atoms with Crippen LogP contribution in [-0.4, -0.2) is 29.2 Å². The maximum Gasteiger partial charge on any atom is 0.347 e. The molecule has 0 aliphatic carbocycles. The van der Waals surface area contributed by atoms with Crippen molar-refractivity contribution < 1.29 is 23.5 Å². The molecular weight excluding hydrogens is 353 g/mol. The molecule has 0 unspecified atom stereocenters. The fraction of sp³-hybridized carbons (Fsp3) is 0.150. The zero-order valence-electron chi connectivity index (χ0n) is 14.1. The topological polar surface area (TPSA) is 74.6 Å². The summed E-state index contributed by atoms with van der Waals surface area (Å²) in [7, 11) is 0. The molecule has 1 aromatic heterocycles. The Morgan fingerprint density at radius 2 is 1.89 bits per heavy atom. The lowest BCUT2D eigenvalue weighted by molar-refractivity contribution is -0.145. The molecule has 7 heteroatoms. The van der Waals surface area contributed by atoms with E-state index in [4.69, 9.17) is 9.47 Å². The molecule has 0 amide bonds. The molecule has 4 rings (SSSR count). The van der Waals surface area contributed by atoms with Gasteiger partial charge in [0.05, 0.1) is 17.9 Å². The van der Waals surface area contributed by atoms with Crippen LogP contribution in [0.2, 0.25) is 0 Å².